The van der Waals surface area contributed by atoms with Crippen LogP contribution in [0.5, 0.6) is 5.75 Å². The fourth-order valence-electron chi connectivity index (χ4n) is 1.85. The highest BCUT2D eigenvalue weighted by atomic mass is 79.9. The van der Waals surface area contributed by atoms with Crippen LogP contribution in [0.4, 0.5) is 0 Å². The van der Waals surface area contributed by atoms with E-state index in [0.29, 0.717) is 17.9 Å². The van der Waals surface area contributed by atoms with Crippen LogP contribution in [0.2, 0.25) is 0 Å². The second-order valence-corrected chi connectivity index (χ2v) is 5.77. The van der Waals surface area contributed by atoms with Gasteiger partial charge in [0, 0.05) is 23.9 Å². The van der Waals surface area contributed by atoms with E-state index in [1.165, 1.54) is 19.9 Å². The van der Waals surface area contributed by atoms with E-state index in [1.807, 2.05) is 13.0 Å². The molecule has 1 heterocycles. The highest BCUT2D eigenvalue weighted by Crippen LogP contribution is 2.29. The minimum Gasteiger partial charge on any atom is -0.493 e. The monoisotopic (exact) mass is 354 g/mol. The summed E-state index contributed by atoms with van der Waals surface area (Å²) in [5.41, 5.74) is 0.434. The van der Waals surface area contributed by atoms with Crippen molar-refractivity contribution in [1.82, 2.24) is 0 Å². The van der Waals surface area contributed by atoms with Gasteiger partial charge in [-0.3, -0.25) is 0 Å². The predicted molar refractivity (Wildman–Crippen MR) is 79.6 cm³/mol. The van der Waals surface area contributed by atoms with E-state index in [-0.39, 0.29) is 5.57 Å². The Morgan fingerprint density at radius 2 is 1.86 bits per heavy atom. The maximum atomic E-state index is 11.9. The molecule has 0 aromatic heterocycles. The molecule has 6 heteroatoms. The van der Waals surface area contributed by atoms with Crippen molar-refractivity contribution in [1.29, 1.82) is 0 Å². The molecule has 1 aliphatic rings. The Morgan fingerprint density at radius 1 is 1.24 bits per heavy atom. The fourth-order valence-corrected chi connectivity index (χ4v) is 2.23. The zero-order chi connectivity index (χ0) is 15.6. The van der Waals surface area contributed by atoms with Crippen LogP contribution in [0.15, 0.2) is 28.2 Å². The lowest BCUT2D eigenvalue weighted by Gasteiger charge is -2.29. The number of cyclic esters (lactones) is 2. The number of carbonyl (C=O) groups excluding carboxylic acids is 2. The third-order valence-corrected chi connectivity index (χ3v) is 3.18. The lowest BCUT2D eigenvalue weighted by atomic mass is 10.1. The molecule has 0 saturated carbocycles. The molecule has 1 saturated heterocycles. The Hall–Kier alpha value is -1.82. The Morgan fingerprint density at radius 3 is 2.43 bits per heavy atom. The van der Waals surface area contributed by atoms with Crippen LogP contribution in [0.25, 0.3) is 6.08 Å². The molecule has 0 radical (unpaired) electrons. The summed E-state index contributed by atoms with van der Waals surface area (Å²) < 4.78 is 16.4. The first-order valence-corrected chi connectivity index (χ1v) is 7.22. The zero-order valence-electron chi connectivity index (χ0n) is 11.9. The van der Waals surface area contributed by atoms with Gasteiger partial charge in [-0.2, -0.15) is 0 Å². The van der Waals surface area contributed by atoms with Gasteiger partial charge in [0.1, 0.15) is 11.3 Å². The summed E-state index contributed by atoms with van der Waals surface area (Å²) >= 11 is 3.34. The average Bonchev–Trinajstić information content (AvgIpc) is 2.36. The molecule has 0 amide bonds. The number of rotatable bonds is 3. The number of carbonyl (C=O) groups is 2. The van der Waals surface area contributed by atoms with Crippen molar-refractivity contribution in [2.45, 2.75) is 26.6 Å². The maximum Gasteiger partial charge on any atom is 0.348 e. The van der Waals surface area contributed by atoms with E-state index in [2.05, 4.69) is 15.9 Å². The maximum absolute atomic E-state index is 11.9. The van der Waals surface area contributed by atoms with Crippen LogP contribution in [0, 0.1) is 0 Å². The van der Waals surface area contributed by atoms with Crippen LogP contribution >= 0.6 is 15.9 Å². The molecule has 0 atom stereocenters. The molecule has 0 spiro atoms. The van der Waals surface area contributed by atoms with Crippen molar-refractivity contribution in [3.05, 3.63) is 33.8 Å². The Balaban J connectivity index is 2.41. The molecule has 5 nitrogen and oxygen atoms in total. The molecule has 0 bridgehead atoms. The first kappa shape index (κ1) is 15.6. The van der Waals surface area contributed by atoms with Gasteiger partial charge in [-0.25, -0.2) is 9.59 Å². The first-order chi connectivity index (χ1) is 9.82. The molecule has 0 unspecified atom stereocenters. The van der Waals surface area contributed by atoms with Gasteiger partial charge in [0.25, 0.3) is 5.79 Å². The quantitative estimate of drug-likeness (QED) is 0.474. The van der Waals surface area contributed by atoms with Crippen molar-refractivity contribution in [2.24, 2.45) is 0 Å². The van der Waals surface area contributed by atoms with Gasteiger partial charge in [-0.1, -0.05) is 15.9 Å². The van der Waals surface area contributed by atoms with Crippen molar-refractivity contribution in [2.75, 3.05) is 6.61 Å². The highest BCUT2D eigenvalue weighted by Gasteiger charge is 2.38. The van der Waals surface area contributed by atoms with Gasteiger partial charge in [0.05, 0.1) is 6.61 Å². The average molecular weight is 355 g/mol. The molecule has 1 aliphatic heterocycles. The normalized spacial score (nSPS) is 17.0. The van der Waals surface area contributed by atoms with Crippen molar-refractivity contribution >= 4 is 33.9 Å². The summed E-state index contributed by atoms with van der Waals surface area (Å²) in [6, 6.07) is 5.31. The second kappa shape index (κ2) is 5.89. The topological polar surface area (TPSA) is 61.8 Å². The van der Waals surface area contributed by atoms with Crippen LogP contribution in [-0.4, -0.2) is 24.3 Å². The number of benzene rings is 1. The predicted octanol–water partition coefficient (Wildman–Crippen LogP) is 3.07. The third-order valence-electron chi connectivity index (χ3n) is 2.69. The third kappa shape index (κ3) is 3.64. The molecule has 1 fully saturated rings. The standard InChI is InChI=1S/C15H15BrO5/c1-4-19-12-6-5-10(16)7-9(12)8-11-13(17)20-15(2,3)21-14(11)18/h5-8H,4H2,1-3H3. The fraction of sp³-hybridized carbons (Fsp3) is 0.333. The molecular formula is C15H15BrO5. The van der Waals surface area contributed by atoms with Crippen molar-refractivity contribution in [3.63, 3.8) is 0 Å². The summed E-state index contributed by atoms with van der Waals surface area (Å²) in [7, 11) is 0. The molecule has 1 aromatic rings. The summed E-state index contributed by atoms with van der Waals surface area (Å²) in [4.78, 5) is 23.9. The lowest BCUT2D eigenvalue weighted by molar-refractivity contribution is -0.222. The minimum atomic E-state index is -1.24. The van der Waals surface area contributed by atoms with E-state index in [9.17, 15) is 9.59 Å². The molecule has 112 valence electrons. The summed E-state index contributed by atoms with van der Waals surface area (Å²) in [6.07, 6.45) is 1.41. The first-order valence-electron chi connectivity index (χ1n) is 6.43. The minimum absolute atomic E-state index is 0.159. The number of ether oxygens (including phenoxy) is 3. The Kier molecular flexibility index (Phi) is 4.37. The van der Waals surface area contributed by atoms with Gasteiger partial charge in [-0.15, -0.1) is 0 Å². The summed E-state index contributed by atoms with van der Waals surface area (Å²) in [5.74, 6) is -2.10. The van der Waals surface area contributed by atoms with Crippen LogP contribution in [0.3, 0.4) is 0 Å². The van der Waals surface area contributed by atoms with E-state index in [4.69, 9.17) is 14.2 Å². The van der Waals surface area contributed by atoms with Gasteiger partial charge in [0.15, 0.2) is 0 Å². The van der Waals surface area contributed by atoms with Crippen LogP contribution < -0.4 is 4.74 Å². The number of esters is 2. The van der Waals surface area contributed by atoms with Gasteiger partial charge >= 0.3 is 11.9 Å². The number of hydrogen-bond donors (Lipinski definition) is 0. The second-order valence-electron chi connectivity index (χ2n) is 4.85. The van der Waals surface area contributed by atoms with Gasteiger partial charge in [-0.05, 0) is 31.2 Å². The Bertz CT molecular complexity index is 596. The molecule has 0 aliphatic carbocycles. The zero-order valence-corrected chi connectivity index (χ0v) is 13.5. The summed E-state index contributed by atoms with van der Waals surface area (Å²) in [6.45, 7) is 5.33. The van der Waals surface area contributed by atoms with Gasteiger partial charge < -0.3 is 14.2 Å². The highest BCUT2D eigenvalue weighted by molar-refractivity contribution is 9.10. The Labute approximate surface area is 131 Å². The van der Waals surface area contributed by atoms with E-state index < -0.39 is 17.7 Å². The van der Waals surface area contributed by atoms with Crippen molar-refractivity contribution < 1.29 is 23.8 Å². The molecule has 0 N–H and O–H groups in total. The van der Waals surface area contributed by atoms with E-state index >= 15 is 0 Å². The smallest absolute Gasteiger partial charge is 0.348 e. The SMILES string of the molecule is CCOc1ccc(Br)cc1C=C1C(=O)OC(C)(C)OC1=O. The molecule has 2 rings (SSSR count). The molecular weight excluding hydrogens is 340 g/mol. The van der Waals surface area contributed by atoms with Crippen molar-refractivity contribution in [3.8, 4) is 5.75 Å². The van der Waals surface area contributed by atoms with Crippen LogP contribution in [0.1, 0.15) is 26.3 Å². The lowest BCUT2D eigenvalue weighted by Crippen LogP contribution is -2.41. The molecule has 21 heavy (non-hydrogen) atoms. The summed E-state index contributed by atoms with van der Waals surface area (Å²) in [5, 5.41) is 0. The number of halogens is 1. The van der Waals surface area contributed by atoms with Crippen LogP contribution in [-0.2, 0) is 19.1 Å². The van der Waals surface area contributed by atoms with E-state index in [0.717, 1.165) is 4.47 Å². The number of hydrogen-bond acceptors (Lipinski definition) is 5. The molecule has 1 aromatic carbocycles. The largest absolute Gasteiger partial charge is 0.493 e. The van der Waals surface area contributed by atoms with Gasteiger partial charge in [0.2, 0.25) is 0 Å². The van der Waals surface area contributed by atoms with E-state index in [1.54, 1.807) is 12.1 Å².